The predicted molar refractivity (Wildman–Crippen MR) is 80.5 cm³/mol. The molecular weight excluding hydrogens is 414 g/mol. The molecule has 0 saturated carbocycles. The summed E-state index contributed by atoms with van der Waals surface area (Å²) in [6.45, 7) is 0. The third-order valence-electron chi connectivity index (χ3n) is 2.09. The minimum Gasteiger partial charge on any atom is -0.456 e. The highest BCUT2D eigenvalue weighted by atomic mass is 79.9. The van der Waals surface area contributed by atoms with Gasteiger partial charge in [0.1, 0.15) is 11.5 Å². The van der Waals surface area contributed by atoms with Gasteiger partial charge in [0.2, 0.25) is 0 Å². The van der Waals surface area contributed by atoms with Crippen molar-refractivity contribution in [3.63, 3.8) is 0 Å². The summed E-state index contributed by atoms with van der Waals surface area (Å²) in [4.78, 5) is 0. The van der Waals surface area contributed by atoms with Gasteiger partial charge in [0.15, 0.2) is 0 Å². The first-order valence-electron chi connectivity index (χ1n) is 4.74. The topological polar surface area (TPSA) is 35.2 Å². The minimum absolute atomic E-state index is 0.687. The number of nitrogens with two attached hydrogens (primary N) is 1. The molecule has 17 heavy (non-hydrogen) atoms. The zero-order chi connectivity index (χ0) is 12.4. The van der Waals surface area contributed by atoms with Gasteiger partial charge in [0.25, 0.3) is 0 Å². The maximum absolute atomic E-state index is 5.75. The van der Waals surface area contributed by atoms with Gasteiger partial charge in [-0.05, 0) is 68.3 Å². The fraction of sp³-hybridized carbons (Fsp3) is 0. The van der Waals surface area contributed by atoms with Gasteiger partial charge in [-0.15, -0.1) is 0 Å². The summed E-state index contributed by atoms with van der Waals surface area (Å²) in [5.74, 6) is 1.49. The van der Waals surface area contributed by atoms with Crippen LogP contribution in [0.2, 0.25) is 0 Å². The molecule has 2 N–H and O–H groups in total. The second kappa shape index (κ2) is 5.42. The van der Waals surface area contributed by atoms with E-state index in [-0.39, 0.29) is 0 Å². The molecule has 0 aliphatic heterocycles. The van der Waals surface area contributed by atoms with E-state index in [0.717, 1.165) is 24.9 Å². The molecule has 5 heteroatoms. The van der Waals surface area contributed by atoms with Gasteiger partial charge in [0.05, 0.1) is 4.47 Å². The molecule has 88 valence electrons. The molecule has 0 aliphatic carbocycles. The number of benzene rings is 2. The summed E-state index contributed by atoms with van der Waals surface area (Å²) in [6, 6.07) is 11.2. The van der Waals surface area contributed by atoms with Crippen molar-refractivity contribution in [1.82, 2.24) is 0 Å². The quantitative estimate of drug-likeness (QED) is 0.663. The highest BCUT2D eigenvalue weighted by molar-refractivity contribution is 9.11. The first-order chi connectivity index (χ1) is 8.06. The van der Waals surface area contributed by atoms with Crippen molar-refractivity contribution in [2.45, 2.75) is 0 Å². The third-order valence-corrected chi connectivity index (χ3v) is 3.89. The second-order valence-corrected chi connectivity index (χ2v) is 5.98. The van der Waals surface area contributed by atoms with Crippen LogP contribution < -0.4 is 10.5 Å². The van der Waals surface area contributed by atoms with Crippen LogP contribution in [0.3, 0.4) is 0 Å². The lowest BCUT2D eigenvalue weighted by Gasteiger charge is -2.09. The summed E-state index contributed by atoms with van der Waals surface area (Å²) in [5.41, 5.74) is 6.40. The Bertz CT molecular complexity index is 557. The molecule has 2 nitrogen and oxygen atoms in total. The molecule has 0 aromatic heterocycles. The van der Waals surface area contributed by atoms with Crippen LogP contribution in [0.25, 0.3) is 0 Å². The standard InChI is InChI=1S/C12H8Br3NO/c13-7-1-4-12(10(15)5-7)17-8-2-3-11(16)9(14)6-8/h1-6H,16H2. The molecule has 2 aromatic carbocycles. The summed E-state index contributed by atoms with van der Waals surface area (Å²) >= 11 is 10.2. The van der Waals surface area contributed by atoms with Crippen LogP contribution in [0.4, 0.5) is 5.69 Å². The van der Waals surface area contributed by atoms with Crippen LogP contribution in [-0.2, 0) is 0 Å². The van der Waals surface area contributed by atoms with E-state index in [1.54, 1.807) is 6.07 Å². The van der Waals surface area contributed by atoms with Crippen LogP contribution in [0, 0.1) is 0 Å². The molecule has 0 atom stereocenters. The Kier molecular flexibility index (Phi) is 4.12. The molecule has 0 radical (unpaired) electrons. The Labute approximate surface area is 125 Å². The molecule has 0 spiro atoms. The number of hydrogen-bond donors (Lipinski definition) is 1. The molecular formula is C12H8Br3NO. The van der Waals surface area contributed by atoms with Crippen molar-refractivity contribution in [3.05, 3.63) is 49.8 Å². The maximum atomic E-state index is 5.75. The average Bonchev–Trinajstić information content (AvgIpc) is 2.27. The third kappa shape index (κ3) is 3.24. The number of anilines is 1. The minimum atomic E-state index is 0.687. The monoisotopic (exact) mass is 419 g/mol. The fourth-order valence-corrected chi connectivity index (χ4v) is 2.74. The smallest absolute Gasteiger partial charge is 0.141 e. The normalized spacial score (nSPS) is 10.3. The van der Waals surface area contributed by atoms with E-state index in [4.69, 9.17) is 10.5 Å². The Balaban J connectivity index is 2.28. The van der Waals surface area contributed by atoms with Crippen LogP contribution in [-0.4, -0.2) is 0 Å². The van der Waals surface area contributed by atoms with Crippen molar-refractivity contribution >= 4 is 53.5 Å². The maximum Gasteiger partial charge on any atom is 0.141 e. The average molecular weight is 422 g/mol. The summed E-state index contributed by atoms with van der Waals surface area (Å²) in [6.07, 6.45) is 0. The van der Waals surface area contributed by atoms with Gasteiger partial charge in [-0.1, -0.05) is 15.9 Å². The predicted octanol–water partition coefficient (Wildman–Crippen LogP) is 5.35. The van der Waals surface area contributed by atoms with Crippen LogP contribution in [0.5, 0.6) is 11.5 Å². The summed E-state index contributed by atoms with van der Waals surface area (Å²) in [7, 11) is 0. The van der Waals surface area contributed by atoms with Crippen molar-refractivity contribution in [2.24, 2.45) is 0 Å². The number of ether oxygens (including phenoxy) is 1. The van der Waals surface area contributed by atoms with E-state index >= 15 is 0 Å². The number of nitrogen functional groups attached to an aromatic ring is 1. The Morgan fingerprint density at radius 3 is 2.29 bits per heavy atom. The molecule has 0 unspecified atom stereocenters. The van der Waals surface area contributed by atoms with Gasteiger partial charge < -0.3 is 10.5 Å². The van der Waals surface area contributed by atoms with Gasteiger partial charge in [0, 0.05) is 14.6 Å². The van der Waals surface area contributed by atoms with Gasteiger partial charge >= 0.3 is 0 Å². The highest BCUT2D eigenvalue weighted by Crippen LogP contribution is 2.33. The molecule has 0 heterocycles. The van der Waals surface area contributed by atoms with Gasteiger partial charge in [-0.2, -0.15) is 0 Å². The zero-order valence-electron chi connectivity index (χ0n) is 8.58. The van der Waals surface area contributed by atoms with Crippen molar-refractivity contribution < 1.29 is 4.74 Å². The second-order valence-electron chi connectivity index (χ2n) is 3.36. The van der Waals surface area contributed by atoms with Crippen LogP contribution >= 0.6 is 47.8 Å². The van der Waals surface area contributed by atoms with Crippen molar-refractivity contribution in [3.8, 4) is 11.5 Å². The molecule has 2 aromatic rings. The first-order valence-corrected chi connectivity index (χ1v) is 7.12. The highest BCUT2D eigenvalue weighted by Gasteiger charge is 2.04. The van der Waals surface area contributed by atoms with E-state index in [1.165, 1.54) is 0 Å². The SMILES string of the molecule is Nc1ccc(Oc2ccc(Br)cc2Br)cc1Br. The molecule has 0 fully saturated rings. The number of halogens is 3. The largest absolute Gasteiger partial charge is 0.456 e. The zero-order valence-corrected chi connectivity index (χ0v) is 13.3. The molecule has 0 amide bonds. The fourth-order valence-electron chi connectivity index (χ4n) is 1.26. The summed E-state index contributed by atoms with van der Waals surface area (Å²) < 4.78 is 8.45. The van der Waals surface area contributed by atoms with Crippen molar-refractivity contribution in [2.75, 3.05) is 5.73 Å². The Morgan fingerprint density at radius 2 is 1.65 bits per heavy atom. The first kappa shape index (κ1) is 12.9. The lowest BCUT2D eigenvalue weighted by atomic mass is 10.3. The van der Waals surface area contributed by atoms with Crippen molar-refractivity contribution in [1.29, 1.82) is 0 Å². The number of rotatable bonds is 2. The molecule has 2 rings (SSSR count). The lowest BCUT2D eigenvalue weighted by molar-refractivity contribution is 0.479. The van der Waals surface area contributed by atoms with E-state index in [1.807, 2.05) is 30.3 Å². The molecule has 0 saturated heterocycles. The van der Waals surface area contributed by atoms with E-state index in [0.29, 0.717) is 5.69 Å². The lowest BCUT2D eigenvalue weighted by Crippen LogP contribution is -1.89. The number of hydrogen-bond acceptors (Lipinski definition) is 2. The van der Waals surface area contributed by atoms with Gasteiger partial charge in [-0.25, -0.2) is 0 Å². The van der Waals surface area contributed by atoms with Crippen LogP contribution in [0.1, 0.15) is 0 Å². The van der Waals surface area contributed by atoms with E-state index in [2.05, 4.69) is 47.8 Å². The van der Waals surface area contributed by atoms with Gasteiger partial charge in [-0.3, -0.25) is 0 Å². The van der Waals surface area contributed by atoms with E-state index in [9.17, 15) is 0 Å². The van der Waals surface area contributed by atoms with E-state index < -0.39 is 0 Å². The van der Waals surface area contributed by atoms with Crippen LogP contribution in [0.15, 0.2) is 49.8 Å². The molecule has 0 aliphatic rings. The summed E-state index contributed by atoms with van der Waals surface area (Å²) in [5, 5.41) is 0. The Hall–Kier alpha value is -0.520. The Morgan fingerprint density at radius 1 is 0.882 bits per heavy atom. The molecule has 0 bridgehead atoms.